The van der Waals surface area contributed by atoms with E-state index in [9.17, 15) is 4.55 Å². The van der Waals surface area contributed by atoms with Gasteiger partial charge in [-0.2, -0.15) is 0 Å². The van der Waals surface area contributed by atoms with Gasteiger partial charge in [-0.1, -0.05) is 16.9 Å². The molecule has 0 aromatic carbocycles. The van der Waals surface area contributed by atoms with E-state index in [4.69, 9.17) is 0 Å². The molecule has 5 heteroatoms. The van der Waals surface area contributed by atoms with Gasteiger partial charge in [-0.3, -0.25) is 0 Å². The average molecular weight is 343 g/mol. The summed E-state index contributed by atoms with van der Waals surface area (Å²) in [6.07, 6.45) is 3.46. The fourth-order valence-corrected chi connectivity index (χ4v) is 2.83. The van der Waals surface area contributed by atoms with Crippen molar-refractivity contribution < 1.29 is 4.55 Å². The highest BCUT2D eigenvalue weighted by Gasteiger charge is 2.32. The normalized spacial score (nSPS) is 19.1. The molecule has 1 aliphatic rings. The molecule has 0 spiro atoms. The molecular formula is C14H19BrN2OS. The fourth-order valence-electron chi connectivity index (χ4n) is 1.79. The van der Waals surface area contributed by atoms with Gasteiger partial charge in [0.1, 0.15) is 26.4 Å². The quantitative estimate of drug-likeness (QED) is 0.475. The van der Waals surface area contributed by atoms with Crippen molar-refractivity contribution in [3.8, 4) is 0 Å². The summed E-state index contributed by atoms with van der Waals surface area (Å²) < 4.78 is 17.2. The second kappa shape index (κ2) is 5.94. The van der Waals surface area contributed by atoms with E-state index in [-0.39, 0.29) is 4.75 Å². The van der Waals surface area contributed by atoms with Crippen LogP contribution in [-0.4, -0.2) is 20.0 Å². The van der Waals surface area contributed by atoms with Gasteiger partial charge in [-0.15, -0.1) is 0 Å². The SMILES string of the molecule is CC(C)(C)[S@@+]([O-])N=C(c1cccc(Br)n1)C1CCC1. The predicted octanol–water partition coefficient (Wildman–Crippen LogP) is 3.90. The predicted molar refractivity (Wildman–Crippen MR) is 83.7 cm³/mol. The molecule has 1 fully saturated rings. The maximum Gasteiger partial charge on any atom is 0.144 e. The minimum atomic E-state index is -1.23. The summed E-state index contributed by atoms with van der Waals surface area (Å²) in [5, 5.41) is 0. The lowest BCUT2D eigenvalue weighted by molar-refractivity contribution is 0.413. The Morgan fingerprint density at radius 2 is 2.11 bits per heavy atom. The lowest BCUT2D eigenvalue weighted by atomic mass is 9.80. The molecule has 1 aromatic heterocycles. The lowest BCUT2D eigenvalue weighted by Crippen LogP contribution is -2.30. The third-order valence-electron chi connectivity index (χ3n) is 3.17. The Morgan fingerprint density at radius 1 is 1.42 bits per heavy atom. The zero-order chi connectivity index (χ0) is 14.0. The zero-order valence-corrected chi connectivity index (χ0v) is 13.9. The van der Waals surface area contributed by atoms with Gasteiger partial charge in [0.2, 0.25) is 0 Å². The van der Waals surface area contributed by atoms with Crippen LogP contribution in [0.5, 0.6) is 0 Å². The molecule has 1 aliphatic carbocycles. The zero-order valence-electron chi connectivity index (χ0n) is 11.5. The van der Waals surface area contributed by atoms with Crippen molar-refractivity contribution in [2.24, 2.45) is 10.3 Å². The number of aromatic nitrogens is 1. The Labute approximate surface area is 126 Å². The second-order valence-electron chi connectivity index (χ2n) is 5.81. The van der Waals surface area contributed by atoms with E-state index in [1.165, 1.54) is 6.42 Å². The van der Waals surface area contributed by atoms with Gasteiger partial charge in [-0.25, -0.2) is 4.98 Å². The summed E-state index contributed by atoms with van der Waals surface area (Å²) in [7, 11) is 0. The van der Waals surface area contributed by atoms with Gasteiger partial charge in [0, 0.05) is 5.92 Å². The van der Waals surface area contributed by atoms with Crippen LogP contribution in [0.15, 0.2) is 27.2 Å². The number of pyridine rings is 1. The smallest absolute Gasteiger partial charge is 0.144 e. The molecule has 1 aromatic rings. The molecule has 1 atom stereocenters. The molecule has 104 valence electrons. The van der Waals surface area contributed by atoms with Crippen LogP contribution in [0.3, 0.4) is 0 Å². The van der Waals surface area contributed by atoms with Crippen molar-refractivity contribution in [3.63, 3.8) is 0 Å². The molecule has 0 amide bonds. The molecule has 2 rings (SSSR count). The third-order valence-corrected chi connectivity index (χ3v) is 5.03. The van der Waals surface area contributed by atoms with Crippen LogP contribution in [0.2, 0.25) is 0 Å². The first-order valence-electron chi connectivity index (χ1n) is 6.51. The van der Waals surface area contributed by atoms with E-state index >= 15 is 0 Å². The van der Waals surface area contributed by atoms with Gasteiger partial charge in [0.15, 0.2) is 0 Å². The highest BCUT2D eigenvalue weighted by molar-refractivity contribution is 9.10. The minimum Gasteiger partial charge on any atom is -0.591 e. The molecule has 19 heavy (non-hydrogen) atoms. The standard InChI is InChI=1S/C14H19BrN2OS/c1-14(2,3)19(18)17-13(10-6-4-7-10)11-8-5-9-12(15)16-11/h5,8-10H,4,6-7H2,1-3H3/t19-/m1/s1. The Kier molecular flexibility index (Phi) is 4.69. The number of hydrogen-bond donors (Lipinski definition) is 0. The molecular weight excluding hydrogens is 324 g/mol. The minimum absolute atomic E-state index is 0.332. The van der Waals surface area contributed by atoms with Gasteiger partial charge in [0.05, 0.1) is 5.69 Å². The largest absolute Gasteiger partial charge is 0.591 e. The molecule has 0 radical (unpaired) electrons. The summed E-state index contributed by atoms with van der Waals surface area (Å²) in [6, 6.07) is 5.78. The maximum absolute atomic E-state index is 12.3. The average Bonchev–Trinajstić information content (AvgIpc) is 2.24. The summed E-state index contributed by atoms with van der Waals surface area (Å²) in [5.41, 5.74) is 1.75. The second-order valence-corrected chi connectivity index (χ2v) is 8.53. The molecule has 0 unspecified atom stereocenters. The lowest BCUT2D eigenvalue weighted by Gasteiger charge is -2.27. The third kappa shape index (κ3) is 3.80. The maximum atomic E-state index is 12.3. The number of hydrogen-bond acceptors (Lipinski definition) is 3. The van der Waals surface area contributed by atoms with E-state index < -0.39 is 11.4 Å². The number of halogens is 1. The Bertz CT molecular complexity index is 481. The number of rotatable bonds is 3. The summed E-state index contributed by atoms with van der Waals surface area (Å²) in [5.74, 6) is 0.410. The van der Waals surface area contributed by atoms with E-state index in [2.05, 4.69) is 25.3 Å². The van der Waals surface area contributed by atoms with Crippen LogP contribution in [0, 0.1) is 5.92 Å². The summed E-state index contributed by atoms with van der Waals surface area (Å²) in [4.78, 5) is 4.46. The first-order chi connectivity index (χ1) is 8.88. The highest BCUT2D eigenvalue weighted by atomic mass is 79.9. The molecule has 0 bridgehead atoms. The van der Waals surface area contributed by atoms with Crippen LogP contribution in [0.25, 0.3) is 0 Å². The van der Waals surface area contributed by atoms with Gasteiger partial charge in [-0.05, 0) is 61.7 Å². The number of nitrogens with zero attached hydrogens (tertiary/aromatic N) is 2. The van der Waals surface area contributed by atoms with E-state index in [1.54, 1.807) is 0 Å². The van der Waals surface area contributed by atoms with Crippen molar-refractivity contribution in [1.29, 1.82) is 0 Å². The van der Waals surface area contributed by atoms with Gasteiger partial charge < -0.3 is 4.55 Å². The van der Waals surface area contributed by atoms with Crippen molar-refractivity contribution in [2.75, 3.05) is 0 Å². The first kappa shape index (κ1) is 15.0. The molecule has 0 saturated heterocycles. The van der Waals surface area contributed by atoms with E-state index in [1.807, 2.05) is 39.0 Å². The van der Waals surface area contributed by atoms with Crippen LogP contribution in [-0.2, 0) is 11.4 Å². The van der Waals surface area contributed by atoms with Crippen molar-refractivity contribution in [2.45, 2.75) is 44.8 Å². The molecule has 1 saturated carbocycles. The van der Waals surface area contributed by atoms with Gasteiger partial charge >= 0.3 is 0 Å². The van der Waals surface area contributed by atoms with Crippen molar-refractivity contribution in [3.05, 3.63) is 28.5 Å². The Morgan fingerprint density at radius 3 is 2.58 bits per heavy atom. The van der Waals surface area contributed by atoms with Gasteiger partial charge in [0.25, 0.3) is 0 Å². The fraction of sp³-hybridized carbons (Fsp3) is 0.571. The van der Waals surface area contributed by atoms with Crippen LogP contribution < -0.4 is 0 Å². The van der Waals surface area contributed by atoms with Crippen LogP contribution in [0.4, 0.5) is 0 Å². The van der Waals surface area contributed by atoms with E-state index in [0.717, 1.165) is 28.9 Å². The van der Waals surface area contributed by atoms with Crippen molar-refractivity contribution >= 4 is 33.0 Å². The Balaban J connectivity index is 2.33. The van der Waals surface area contributed by atoms with Crippen molar-refractivity contribution in [1.82, 2.24) is 4.98 Å². The first-order valence-corrected chi connectivity index (χ1v) is 8.41. The monoisotopic (exact) mass is 342 g/mol. The summed E-state index contributed by atoms with van der Waals surface area (Å²) in [6.45, 7) is 5.83. The van der Waals surface area contributed by atoms with Crippen LogP contribution >= 0.6 is 15.9 Å². The molecule has 0 aliphatic heterocycles. The Hall–Kier alpha value is -0.390. The topological polar surface area (TPSA) is 48.3 Å². The highest BCUT2D eigenvalue weighted by Crippen LogP contribution is 2.32. The summed E-state index contributed by atoms with van der Waals surface area (Å²) >= 11 is 2.15. The molecule has 0 N–H and O–H groups in total. The van der Waals surface area contributed by atoms with E-state index in [0.29, 0.717) is 5.92 Å². The van der Waals surface area contributed by atoms with Crippen LogP contribution in [0.1, 0.15) is 45.7 Å². The molecule has 3 nitrogen and oxygen atoms in total. The molecule has 1 heterocycles.